The van der Waals surface area contributed by atoms with Gasteiger partial charge in [-0.2, -0.15) is 0 Å². The molecule has 5 nitrogen and oxygen atoms in total. The predicted octanol–water partition coefficient (Wildman–Crippen LogP) is 2.80. The minimum absolute atomic E-state index is 0.106. The number of carboxylic acids is 1. The molecule has 1 saturated heterocycles. The summed E-state index contributed by atoms with van der Waals surface area (Å²) in [4.78, 5) is 25.8. The maximum atomic E-state index is 12.7. The Kier molecular flexibility index (Phi) is 3.48. The van der Waals surface area contributed by atoms with Crippen LogP contribution in [0.4, 0.5) is 0 Å². The molecule has 3 rings (SSSR count). The lowest BCUT2D eigenvalue weighted by atomic mass is 9.84. The first-order valence-corrected chi connectivity index (χ1v) is 7.75. The van der Waals surface area contributed by atoms with E-state index >= 15 is 0 Å². The van der Waals surface area contributed by atoms with E-state index < -0.39 is 11.4 Å². The Hall–Kier alpha value is -1.49. The van der Waals surface area contributed by atoms with Crippen molar-refractivity contribution in [1.29, 1.82) is 0 Å². The van der Waals surface area contributed by atoms with E-state index in [9.17, 15) is 14.7 Å². The SMILES string of the molecule is CCC1(C(=O)O)CCN(C(=O)c2cc(Cl)cn2C2CC2)C1. The van der Waals surface area contributed by atoms with Crippen molar-refractivity contribution in [2.45, 2.75) is 38.6 Å². The third-order valence-corrected chi connectivity index (χ3v) is 4.95. The lowest BCUT2D eigenvalue weighted by Crippen LogP contribution is -2.37. The minimum atomic E-state index is -0.809. The number of hydrogen-bond donors (Lipinski definition) is 1. The molecule has 114 valence electrons. The van der Waals surface area contributed by atoms with Crippen LogP contribution in [-0.2, 0) is 4.79 Å². The van der Waals surface area contributed by atoms with Crippen LogP contribution >= 0.6 is 11.6 Å². The molecule has 0 aromatic carbocycles. The Morgan fingerprint density at radius 2 is 2.19 bits per heavy atom. The number of likely N-dealkylation sites (tertiary alicyclic amines) is 1. The fourth-order valence-corrected chi connectivity index (χ4v) is 3.30. The van der Waals surface area contributed by atoms with Gasteiger partial charge in [0.25, 0.3) is 5.91 Å². The van der Waals surface area contributed by atoms with Gasteiger partial charge in [-0.05, 0) is 31.7 Å². The highest BCUT2D eigenvalue weighted by atomic mass is 35.5. The second-order valence-corrected chi connectivity index (χ2v) is 6.53. The predicted molar refractivity (Wildman–Crippen MR) is 78.6 cm³/mol. The smallest absolute Gasteiger partial charge is 0.311 e. The zero-order valence-corrected chi connectivity index (χ0v) is 12.8. The molecule has 1 atom stereocenters. The number of carbonyl (C=O) groups is 2. The average molecular weight is 311 g/mol. The van der Waals surface area contributed by atoms with Crippen molar-refractivity contribution in [3.63, 3.8) is 0 Å². The van der Waals surface area contributed by atoms with Gasteiger partial charge in [-0.1, -0.05) is 18.5 Å². The van der Waals surface area contributed by atoms with Crippen LogP contribution < -0.4 is 0 Å². The molecule has 1 aromatic heterocycles. The minimum Gasteiger partial charge on any atom is -0.481 e. The number of carboxylic acid groups (broad SMARTS) is 1. The topological polar surface area (TPSA) is 62.5 Å². The number of aromatic nitrogens is 1. The van der Waals surface area contributed by atoms with E-state index in [1.165, 1.54) is 0 Å². The Morgan fingerprint density at radius 1 is 1.48 bits per heavy atom. The zero-order valence-electron chi connectivity index (χ0n) is 12.0. The zero-order chi connectivity index (χ0) is 15.2. The van der Waals surface area contributed by atoms with Gasteiger partial charge in [0.05, 0.1) is 10.4 Å². The third kappa shape index (κ3) is 2.44. The van der Waals surface area contributed by atoms with Gasteiger partial charge in [0.2, 0.25) is 0 Å². The Balaban J connectivity index is 1.82. The molecule has 1 unspecified atom stereocenters. The van der Waals surface area contributed by atoms with Crippen LogP contribution in [0.25, 0.3) is 0 Å². The largest absolute Gasteiger partial charge is 0.481 e. The fraction of sp³-hybridized carbons (Fsp3) is 0.600. The Labute approximate surface area is 128 Å². The number of carbonyl (C=O) groups excluding carboxylic acids is 1. The number of amides is 1. The summed E-state index contributed by atoms with van der Waals surface area (Å²) in [5.41, 5.74) is -0.212. The molecule has 0 bridgehead atoms. The molecule has 1 amide bonds. The van der Waals surface area contributed by atoms with Crippen molar-refractivity contribution in [1.82, 2.24) is 9.47 Å². The van der Waals surface area contributed by atoms with E-state index in [-0.39, 0.29) is 12.5 Å². The summed E-state index contributed by atoms with van der Waals surface area (Å²) < 4.78 is 1.94. The second kappa shape index (κ2) is 5.05. The Morgan fingerprint density at radius 3 is 2.71 bits per heavy atom. The van der Waals surface area contributed by atoms with Crippen LogP contribution in [0, 0.1) is 5.41 Å². The fourth-order valence-electron chi connectivity index (χ4n) is 3.09. The van der Waals surface area contributed by atoms with Gasteiger partial charge in [-0.15, -0.1) is 0 Å². The Bertz CT molecular complexity index is 594. The van der Waals surface area contributed by atoms with Crippen LogP contribution in [0.3, 0.4) is 0 Å². The first-order chi connectivity index (χ1) is 9.97. The maximum Gasteiger partial charge on any atom is 0.311 e. The summed E-state index contributed by atoms with van der Waals surface area (Å²) in [6.07, 6.45) is 4.99. The van der Waals surface area contributed by atoms with Crippen molar-refractivity contribution in [2.24, 2.45) is 5.41 Å². The van der Waals surface area contributed by atoms with Crippen molar-refractivity contribution in [3.05, 3.63) is 23.0 Å². The highest BCUT2D eigenvalue weighted by molar-refractivity contribution is 6.31. The molecule has 21 heavy (non-hydrogen) atoms. The summed E-state index contributed by atoms with van der Waals surface area (Å²) in [6.45, 7) is 2.64. The van der Waals surface area contributed by atoms with Crippen LogP contribution in [0.2, 0.25) is 5.02 Å². The van der Waals surface area contributed by atoms with Crippen molar-refractivity contribution in [3.8, 4) is 0 Å². The van der Waals surface area contributed by atoms with Gasteiger partial charge < -0.3 is 14.6 Å². The summed E-state index contributed by atoms with van der Waals surface area (Å²) in [5.74, 6) is -0.915. The van der Waals surface area contributed by atoms with E-state index in [1.54, 1.807) is 17.2 Å². The maximum absolute atomic E-state index is 12.7. The van der Waals surface area contributed by atoms with Gasteiger partial charge in [0.15, 0.2) is 0 Å². The summed E-state index contributed by atoms with van der Waals surface area (Å²) in [5, 5.41) is 9.99. The third-order valence-electron chi connectivity index (χ3n) is 4.75. The molecule has 1 saturated carbocycles. The number of nitrogens with zero attached hydrogens (tertiary/aromatic N) is 2. The van der Waals surface area contributed by atoms with Crippen LogP contribution in [0.15, 0.2) is 12.3 Å². The molecule has 1 aliphatic carbocycles. The highest BCUT2D eigenvalue weighted by Gasteiger charge is 2.45. The second-order valence-electron chi connectivity index (χ2n) is 6.10. The first kappa shape index (κ1) is 14.4. The molecule has 1 aliphatic heterocycles. The molecule has 0 spiro atoms. The number of aliphatic carboxylic acids is 1. The van der Waals surface area contributed by atoms with Gasteiger partial charge in [-0.3, -0.25) is 9.59 Å². The highest BCUT2D eigenvalue weighted by Crippen LogP contribution is 2.39. The molecule has 2 aliphatic rings. The quantitative estimate of drug-likeness (QED) is 0.930. The van der Waals surface area contributed by atoms with Crippen LogP contribution in [0.5, 0.6) is 0 Å². The normalized spacial score (nSPS) is 25.3. The number of hydrogen-bond acceptors (Lipinski definition) is 2. The molecule has 1 N–H and O–H groups in total. The standard InChI is InChI=1S/C15H19ClN2O3/c1-2-15(14(20)21)5-6-17(9-15)13(19)12-7-10(16)8-18(12)11-3-4-11/h7-8,11H,2-6,9H2,1H3,(H,20,21). The average Bonchev–Trinajstić information content (AvgIpc) is 3.08. The van der Waals surface area contributed by atoms with Gasteiger partial charge in [0.1, 0.15) is 5.69 Å². The van der Waals surface area contributed by atoms with E-state index in [4.69, 9.17) is 11.6 Å². The van der Waals surface area contributed by atoms with Gasteiger partial charge >= 0.3 is 5.97 Å². The number of rotatable bonds is 4. The van der Waals surface area contributed by atoms with Crippen molar-refractivity contribution in [2.75, 3.05) is 13.1 Å². The molecular formula is C15H19ClN2O3. The van der Waals surface area contributed by atoms with E-state index in [2.05, 4.69) is 0 Å². The van der Waals surface area contributed by atoms with E-state index in [1.807, 2.05) is 11.5 Å². The van der Waals surface area contributed by atoms with Crippen LogP contribution in [0.1, 0.15) is 49.1 Å². The first-order valence-electron chi connectivity index (χ1n) is 7.37. The number of halogens is 1. The van der Waals surface area contributed by atoms with E-state index in [0.29, 0.717) is 36.1 Å². The van der Waals surface area contributed by atoms with Gasteiger partial charge in [-0.25, -0.2) is 0 Å². The molecule has 6 heteroatoms. The van der Waals surface area contributed by atoms with Gasteiger partial charge in [0, 0.05) is 25.3 Å². The molecule has 1 aromatic rings. The van der Waals surface area contributed by atoms with Crippen molar-refractivity contribution < 1.29 is 14.7 Å². The summed E-state index contributed by atoms with van der Waals surface area (Å²) in [6, 6.07) is 2.06. The monoisotopic (exact) mass is 310 g/mol. The van der Waals surface area contributed by atoms with Crippen molar-refractivity contribution >= 4 is 23.5 Å². The molecule has 2 fully saturated rings. The van der Waals surface area contributed by atoms with Crippen LogP contribution in [-0.4, -0.2) is 39.5 Å². The summed E-state index contributed by atoms with van der Waals surface area (Å²) >= 11 is 6.04. The molecule has 0 radical (unpaired) electrons. The lowest BCUT2D eigenvalue weighted by molar-refractivity contribution is -0.148. The molecular weight excluding hydrogens is 292 g/mol. The summed E-state index contributed by atoms with van der Waals surface area (Å²) in [7, 11) is 0. The van der Waals surface area contributed by atoms with E-state index in [0.717, 1.165) is 12.8 Å². The lowest BCUT2D eigenvalue weighted by Gasteiger charge is -2.23. The molecule has 2 heterocycles.